The van der Waals surface area contributed by atoms with Gasteiger partial charge in [0.25, 0.3) is 38.8 Å². The van der Waals surface area contributed by atoms with E-state index in [9.17, 15) is 76.7 Å². The van der Waals surface area contributed by atoms with Crippen LogP contribution in [0, 0.1) is 36.3 Å². The second kappa shape index (κ2) is 42.7. The summed E-state index contributed by atoms with van der Waals surface area (Å²) >= 11 is 5.38. The molecular weight excluding hydrogens is 1810 g/mol. The van der Waals surface area contributed by atoms with E-state index in [4.69, 9.17) is 38.0 Å². The van der Waals surface area contributed by atoms with E-state index >= 15 is 0 Å². The number of ether oxygens (including phenoxy) is 7. The lowest BCUT2D eigenvalue weighted by Gasteiger charge is -2.46. The Labute approximate surface area is 780 Å². The molecule has 11 rings (SSSR count). The van der Waals surface area contributed by atoms with Gasteiger partial charge in [0.1, 0.15) is 76.3 Å². The van der Waals surface area contributed by atoms with Gasteiger partial charge >= 0.3 is 0 Å². The van der Waals surface area contributed by atoms with Crippen LogP contribution in [0.15, 0.2) is 5.03 Å². The van der Waals surface area contributed by atoms with Gasteiger partial charge in [-0.15, -0.1) is 47.8 Å². The molecule has 130 heavy (non-hydrogen) atoms. The Morgan fingerprint density at radius 1 is 0.415 bits per heavy atom. The Kier molecular flexibility index (Phi) is 35.9. The summed E-state index contributed by atoms with van der Waals surface area (Å²) in [6.07, 6.45) is -6.32. The van der Waals surface area contributed by atoms with Crippen molar-refractivity contribution in [3.63, 3.8) is 0 Å². The number of morpholine rings is 3. The molecule has 4 aromatic rings. The number of nitrogens with one attached hydrogen (secondary N) is 4. The largest absolute Gasteiger partial charge is 0.472 e. The van der Waals surface area contributed by atoms with E-state index in [0.29, 0.717) is 60.4 Å². The monoisotopic (exact) mass is 1950 g/mol. The molecule has 7 aliphatic heterocycles. The Morgan fingerprint density at radius 3 is 1.04 bits per heavy atom. The zero-order valence-corrected chi connectivity index (χ0v) is 84.0. The molecule has 7 aliphatic rings. The number of aliphatic hydroxyl groups excluding tert-OH is 5. The van der Waals surface area contributed by atoms with E-state index < -0.39 is 121 Å². The van der Waals surface area contributed by atoms with Crippen molar-refractivity contribution in [2.24, 2.45) is 5.92 Å². The summed E-state index contributed by atoms with van der Waals surface area (Å²) in [6.45, 7) is 55.6. The third-order valence-corrected chi connectivity index (χ3v) is 27.8. The van der Waals surface area contributed by atoms with Crippen LogP contribution in [0.4, 0.5) is 17.5 Å². The van der Waals surface area contributed by atoms with Crippen molar-refractivity contribution in [1.29, 1.82) is 0 Å². The standard InChI is InChI=1S/C20H35N7O9S.C20H36N6O7S.C20H37N5O5S.C18H34N4O4S2/c1-18(2,3)21-8-12(36-27(31)32)10-33-17-16(22-37-23-17)24-9-13(11-34-26(29)30)35-15-14(24)19(4,5)25(28)20(15,6)7;1-18(2,3)21-8-12(27)10-31-17-16(22-34-23-17)24-9-13(11-32-26(29)30)33-15-14(24)19(4,5)25(28)20(15,6)7;1-18(2,3)21-8-12(27)11-29-17-16(22-31-23-17)24-9-13(10-26)30-15-14(24)19(4,5)25(28)20(15,6)7;1-16(2,3)19-8-11(24)10-26-14-15(21-28-20-14)27-13-12(9-23)17(4,5)22(25)18(13,6)7/h12-15,21,28H,8-11H2,1-7H3;12-15,21,27-28H,8-11H2,1-7H3;12-15,21,26-28H,8-11H2,1-7H3;11-13,19,23-25H,8-10H2,1-7H3/t3*12-,13?,14?,15?;11-,12?,13?/m0000/s1. The molecule has 13 N–H and O–H groups in total. The number of hydrogen-bond acceptors (Lipinski definition) is 49. The van der Waals surface area contributed by atoms with Crippen LogP contribution < -0.4 is 54.9 Å². The molecule has 0 aliphatic carbocycles. The molecule has 52 heteroatoms. The quantitative estimate of drug-likeness (QED) is 0.0207. The highest BCUT2D eigenvalue weighted by atomic mass is 32.2. The molecule has 7 fully saturated rings. The molecule has 47 nitrogen and oxygen atoms in total. The number of anilines is 3. The maximum atomic E-state index is 11.0. The summed E-state index contributed by atoms with van der Waals surface area (Å²) in [5.41, 5.74) is -6.31. The van der Waals surface area contributed by atoms with E-state index in [-0.39, 0.29) is 136 Å². The first-order chi connectivity index (χ1) is 59.8. The highest BCUT2D eigenvalue weighted by Crippen LogP contribution is 2.55. The van der Waals surface area contributed by atoms with E-state index in [1.54, 1.807) is 0 Å². The van der Waals surface area contributed by atoms with E-state index in [0.717, 1.165) is 46.9 Å². The molecule has 11 unspecified atom stereocenters. The minimum Gasteiger partial charge on any atom is -0.472 e. The molecule has 15 atom stereocenters. The van der Waals surface area contributed by atoms with Crippen LogP contribution in [-0.2, 0) is 28.7 Å². The number of thioether (sulfide) groups is 1. The van der Waals surface area contributed by atoms with Crippen molar-refractivity contribution < 1.29 is 109 Å². The highest BCUT2D eigenvalue weighted by Gasteiger charge is 2.68. The lowest BCUT2D eigenvalue weighted by Crippen LogP contribution is -2.62. The van der Waals surface area contributed by atoms with Crippen molar-refractivity contribution >= 4 is 76.1 Å². The van der Waals surface area contributed by atoms with Crippen molar-refractivity contribution in [2.75, 3.05) is 113 Å². The number of nitrogens with zero attached hydrogens (tertiary/aromatic N) is 18. The number of fused-ring (bicyclic) bond motifs is 3. The van der Waals surface area contributed by atoms with E-state index in [1.165, 1.54) is 32.0 Å². The number of aliphatic hydroxyl groups is 5. The SMILES string of the molecule is CC(C)(C)NC[C@@H](COc1nsnc1N1CC(CO[N+](=O)[O-])OC2C1C(C)(C)N(O)C2(C)C)O[N+](=O)[O-].CC(C)(C)NC[C@H](O)COc1nsnc1N1CC(CO)OC2C1C(C)(C)N(O)C2(C)C.CC(C)(C)NC[C@H](O)COc1nsnc1N1CC(CO[N+](=O)[O-])OC2C1C(C)(C)N(O)C2(C)C.CC(C)(C)NC[C@H](O)COc1nsnc1SC1C(CO)C(C)(C)N(O)C1(C)C. The van der Waals surface area contributed by atoms with Crippen molar-refractivity contribution in [2.45, 2.75) is 350 Å². The van der Waals surface area contributed by atoms with Crippen LogP contribution in [-0.4, -0.2) is 366 Å². The van der Waals surface area contributed by atoms with Gasteiger partial charge in [-0.05, 0) is 194 Å². The molecule has 0 spiro atoms. The topological polar surface area (TPSA) is 578 Å². The predicted octanol–water partition coefficient (Wildman–Crippen LogP) is 5.23. The number of hydrogen-bond donors (Lipinski definition) is 13. The van der Waals surface area contributed by atoms with Crippen LogP contribution in [0.1, 0.15) is 194 Å². The van der Waals surface area contributed by atoms with Crippen LogP contribution in [0.5, 0.6) is 23.5 Å². The molecule has 7 saturated heterocycles. The zero-order valence-electron chi connectivity index (χ0n) is 79.9. The van der Waals surface area contributed by atoms with Crippen molar-refractivity contribution in [3.05, 3.63) is 30.3 Å². The molecular formula is C78H142N22O25S5. The first-order valence-electron chi connectivity index (χ1n) is 43.1. The maximum Gasteiger partial charge on any atom is 0.294 e. The number of hydroxylamine groups is 8. The highest BCUT2D eigenvalue weighted by molar-refractivity contribution is 8.00. The minimum atomic E-state index is -0.919. The fourth-order valence-corrected chi connectivity index (χ4v) is 21.3. The van der Waals surface area contributed by atoms with Gasteiger partial charge in [-0.2, -0.15) is 37.7 Å². The van der Waals surface area contributed by atoms with Gasteiger partial charge in [-0.25, -0.2) is 0 Å². The summed E-state index contributed by atoms with van der Waals surface area (Å²) < 4.78 is 76.5. The number of rotatable bonds is 35. The molecule has 0 saturated carbocycles. The van der Waals surface area contributed by atoms with Gasteiger partial charge in [0.2, 0.25) is 17.5 Å². The summed E-state index contributed by atoms with van der Waals surface area (Å²) in [7, 11) is 0. The molecule has 4 aromatic heterocycles. The average Bonchev–Trinajstić information content (AvgIpc) is 1.55. The smallest absolute Gasteiger partial charge is 0.294 e. The average molecular weight is 1950 g/mol. The summed E-state index contributed by atoms with van der Waals surface area (Å²) in [4.78, 5) is 52.3. The summed E-state index contributed by atoms with van der Waals surface area (Å²) in [5.74, 6) is 2.23. The van der Waals surface area contributed by atoms with Gasteiger partial charge in [-0.1, -0.05) is 11.8 Å². The number of β-amino-alcohol motifs (C(OH)–C–C–N with tert-alkyl or cyclic N) is 3. The van der Waals surface area contributed by atoms with E-state index in [2.05, 4.69) is 65.9 Å². The molecule has 0 aromatic carbocycles. The fourth-order valence-electron chi connectivity index (χ4n) is 17.6. The summed E-state index contributed by atoms with van der Waals surface area (Å²) in [6, 6.07) is -1.05. The first-order valence-corrected chi connectivity index (χ1v) is 46.9. The van der Waals surface area contributed by atoms with Crippen LogP contribution >= 0.6 is 58.7 Å². The Balaban J connectivity index is 0.000000215. The van der Waals surface area contributed by atoms with E-state index in [1.807, 2.05) is 209 Å². The van der Waals surface area contributed by atoms with Gasteiger partial charge in [0, 0.05) is 91.3 Å². The van der Waals surface area contributed by atoms with Gasteiger partial charge < -0.3 is 130 Å². The van der Waals surface area contributed by atoms with Gasteiger partial charge in [0.05, 0.1) is 129 Å². The molecule has 11 heterocycles. The Bertz CT molecular complexity index is 4280. The van der Waals surface area contributed by atoms with Gasteiger partial charge in [-0.3, -0.25) is 0 Å². The normalized spacial score (nSPS) is 27.0. The minimum absolute atomic E-state index is 0.00873. The fraction of sp³-hybridized carbons (Fsp3) is 0.897. The zero-order chi connectivity index (χ0) is 97.8. The third kappa shape index (κ3) is 26.4. The lowest BCUT2D eigenvalue weighted by molar-refractivity contribution is -0.768. The third-order valence-electron chi connectivity index (χ3n) is 24.0. The number of aromatic nitrogens is 8. The lowest BCUT2D eigenvalue weighted by atomic mass is 9.87. The molecule has 0 bridgehead atoms. The summed E-state index contributed by atoms with van der Waals surface area (Å²) in [5, 5.41) is 143. The first kappa shape index (κ1) is 109. The van der Waals surface area contributed by atoms with Crippen LogP contribution in [0.3, 0.4) is 0 Å². The Morgan fingerprint density at radius 2 is 0.715 bits per heavy atom. The second-order valence-corrected chi connectivity index (χ2v) is 45.3. The maximum absolute atomic E-state index is 11.0. The molecule has 744 valence electrons. The second-order valence-electron chi connectivity index (χ2n) is 42.1. The predicted molar refractivity (Wildman–Crippen MR) is 482 cm³/mol. The van der Waals surface area contributed by atoms with Crippen molar-refractivity contribution in [3.8, 4) is 23.5 Å². The van der Waals surface area contributed by atoms with Crippen LogP contribution in [0.2, 0.25) is 0 Å². The Hall–Kier alpha value is -6.01. The molecule has 0 amide bonds. The molecule has 0 radical (unpaired) electrons. The van der Waals surface area contributed by atoms with Gasteiger partial charge in [0.15, 0.2) is 11.1 Å². The van der Waals surface area contributed by atoms with Crippen LogP contribution in [0.25, 0.3) is 0 Å². The van der Waals surface area contributed by atoms with Crippen molar-refractivity contribution in [1.82, 2.24) is 76.5 Å².